The van der Waals surface area contributed by atoms with E-state index in [1.54, 1.807) is 25.1 Å². The highest BCUT2D eigenvalue weighted by atomic mass is 16.5. The van der Waals surface area contributed by atoms with Crippen LogP contribution in [0.2, 0.25) is 0 Å². The highest BCUT2D eigenvalue weighted by Crippen LogP contribution is 2.30. The van der Waals surface area contributed by atoms with Crippen LogP contribution in [-0.2, 0) is 0 Å². The maximum Gasteiger partial charge on any atom is 0.358 e. The van der Waals surface area contributed by atoms with E-state index in [2.05, 4.69) is 10.1 Å². The molecule has 1 aromatic carbocycles. The third-order valence-electron chi connectivity index (χ3n) is 2.70. The summed E-state index contributed by atoms with van der Waals surface area (Å²) in [7, 11) is 0. The molecule has 0 atom stereocenters. The Labute approximate surface area is 113 Å². The first kappa shape index (κ1) is 12.2. The molecule has 0 aliphatic rings. The van der Waals surface area contributed by atoms with Gasteiger partial charge in [-0.2, -0.15) is 0 Å². The van der Waals surface area contributed by atoms with Gasteiger partial charge in [-0.05, 0) is 19.1 Å². The van der Waals surface area contributed by atoms with E-state index in [4.69, 9.17) is 8.94 Å². The fraction of sp³-hybridized carbons (Fsp3) is 0.0714. The van der Waals surface area contributed by atoms with Gasteiger partial charge in [-0.3, -0.25) is 0 Å². The van der Waals surface area contributed by atoms with Crippen molar-refractivity contribution in [3.8, 4) is 23.0 Å². The van der Waals surface area contributed by atoms with Gasteiger partial charge in [0, 0.05) is 11.6 Å². The largest absolute Gasteiger partial charge is 0.476 e. The number of rotatable bonds is 3. The molecule has 0 saturated heterocycles. The predicted octanol–water partition coefficient (Wildman–Crippen LogP) is 3.00. The lowest BCUT2D eigenvalue weighted by Crippen LogP contribution is -1.98. The molecular formula is C14H10N2O4. The van der Waals surface area contributed by atoms with Crippen molar-refractivity contribution in [3.05, 3.63) is 47.8 Å². The van der Waals surface area contributed by atoms with Crippen molar-refractivity contribution in [1.82, 2.24) is 10.1 Å². The predicted molar refractivity (Wildman–Crippen MR) is 69.1 cm³/mol. The number of hydrogen-bond donors (Lipinski definition) is 1. The first-order valence-electron chi connectivity index (χ1n) is 5.88. The van der Waals surface area contributed by atoms with Gasteiger partial charge in [0.1, 0.15) is 0 Å². The SMILES string of the molecule is Cc1cc(-c2oc(-c3ccccc3)nc2C(=O)O)on1. The second-order valence-corrected chi connectivity index (χ2v) is 4.20. The maximum absolute atomic E-state index is 11.3. The number of aryl methyl sites for hydroxylation is 1. The Morgan fingerprint density at radius 1 is 1.25 bits per heavy atom. The van der Waals surface area contributed by atoms with Crippen LogP contribution in [0.25, 0.3) is 23.0 Å². The molecule has 6 heteroatoms. The van der Waals surface area contributed by atoms with Crippen LogP contribution in [0.1, 0.15) is 16.2 Å². The minimum absolute atomic E-state index is 0.0666. The zero-order valence-electron chi connectivity index (χ0n) is 10.5. The highest BCUT2D eigenvalue weighted by Gasteiger charge is 2.24. The van der Waals surface area contributed by atoms with E-state index in [0.29, 0.717) is 11.3 Å². The monoisotopic (exact) mass is 270 g/mol. The summed E-state index contributed by atoms with van der Waals surface area (Å²) in [6.07, 6.45) is 0. The Morgan fingerprint density at radius 3 is 2.60 bits per heavy atom. The summed E-state index contributed by atoms with van der Waals surface area (Å²) < 4.78 is 10.6. The second-order valence-electron chi connectivity index (χ2n) is 4.20. The Bertz CT molecular complexity index is 759. The van der Waals surface area contributed by atoms with E-state index in [1.807, 2.05) is 18.2 Å². The standard InChI is InChI=1S/C14H10N2O4/c1-8-7-10(20-16-8)12-11(14(17)18)15-13(19-12)9-5-3-2-4-6-9/h2-7H,1H3,(H,17,18). The Balaban J connectivity index is 2.15. The molecule has 0 unspecified atom stereocenters. The molecule has 0 spiro atoms. The van der Waals surface area contributed by atoms with Gasteiger partial charge < -0.3 is 14.0 Å². The van der Waals surface area contributed by atoms with E-state index < -0.39 is 5.97 Å². The van der Waals surface area contributed by atoms with Gasteiger partial charge in [0.25, 0.3) is 0 Å². The van der Waals surface area contributed by atoms with E-state index in [-0.39, 0.29) is 23.1 Å². The molecule has 20 heavy (non-hydrogen) atoms. The number of carboxylic acids is 1. The number of hydrogen-bond acceptors (Lipinski definition) is 5. The van der Waals surface area contributed by atoms with Crippen LogP contribution in [-0.4, -0.2) is 21.2 Å². The number of benzene rings is 1. The van der Waals surface area contributed by atoms with Crippen molar-refractivity contribution in [3.63, 3.8) is 0 Å². The summed E-state index contributed by atoms with van der Waals surface area (Å²) in [6, 6.07) is 10.7. The van der Waals surface area contributed by atoms with E-state index in [9.17, 15) is 9.90 Å². The molecular weight excluding hydrogens is 260 g/mol. The lowest BCUT2D eigenvalue weighted by atomic mass is 10.2. The number of aromatic nitrogens is 2. The molecule has 3 rings (SSSR count). The van der Waals surface area contributed by atoms with Crippen LogP contribution in [0.15, 0.2) is 45.3 Å². The fourth-order valence-corrected chi connectivity index (χ4v) is 1.81. The Morgan fingerprint density at radius 2 is 2.00 bits per heavy atom. The molecule has 3 aromatic rings. The van der Waals surface area contributed by atoms with Gasteiger partial charge in [0.05, 0.1) is 5.69 Å². The molecule has 1 N–H and O–H groups in total. The fourth-order valence-electron chi connectivity index (χ4n) is 1.81. The van der Waals surface area contributed by atoms with E-state index in [0.717, 1.165) is 0 Å². The number of aromatic carboxylic acids is 1. The van der Waals surface area contributed by atoms with Gasteiger partial charge in [-0.1, -0.05) is 23.4 Å². The third kappa shape index (κ3) is 2.07. The van der Waals surface area contributed by atoms with Crippen LogP contribution in [0.5, 0.6) is 0 Å². The summed E-state index contributed by atoms with van der Waals surface area (Å²) in [6.45, 7) is 1.74. The second kappa shape index (κ2) is 4.65. The van der Waals surface area contributed by atoms with Crippen molar-refractivity contribution in [1.29, 1.82) is 0 Å². The smallest absolute Gasteiger partial charge is 0.358 e. The highest BCUT2D eigenvalue weighted by molar-refractivity contribution is 5.92. The molecule has 100 valence electrons. The van der Waals surface area contributed by atoms with Crippen LogP contribution in [0.4, 0.5) is 0 Å². The summed E-state index contributed by atoms with van der Waals surface area (Å²) in [5, 5.41) is 12.9. The quantitative estimate of drug-likeness (QED) is 0.786. The molecule has 0 aliphatic carbocycles. The molecule has 0 saturated carbocycles. The number of nitrogens with zero attached hydrogens (tertiary/aromatic N) is 2. The maximum atomic E-state index is 11.3. The molecule has 2 heterocycles. The topological polar surface area (TPSA) is 89.4 Å². The molecule has 0 fully saturated rings. The van der Waals surface area contributed by atoms with Crippen molar-refractivity contribution in [2.75, 3.05) is 0 Å². The minimum Gasteiger partial charge on any atom is -0.476 e. The van der Waals surface area contributed by atoms with Crippen LogP contribution < -0.4 is 0 Å². The van der Waals surface area contributed by atoms with Crippen molar-refractivity contribution < 1.29 is 18.8 Å². The van der Waals surface area contributed by atoms with Crippen molar-refractivity contribution in [2.45, 2.75) is 6.92 Å². The van der Waals surface area contributed by atoms with Crippen molar-refractivity contribution in [2.24, 2.45) is 0 Å². The minimum atomic E-state index is -1.18. The van der Waals surface area contributed by atoms with E-state index >= 15 is 0 Å². The van der Waals surface area contributed by atoms with Crippen LogP contribution in [0.3, 0.4) is 0 Å². The first-order valence-corrected chi connectivity index (χ1v) is 5.88. The van der Waals surface area contributed by atoms with Crippen molar-refractivity contribution >= 4 is 5.97 Å². The molecule has 0 bridgehead atoms. The van der Waals surface area contributed by atoms with Gasteiger partial charge >= 0.3 is 5.97 Å². The molecule has 0 amide bonds. The summed E-state index contributed by atoms with van der Waals surface area (Å²) in [5.74, 6) is -0.640. The third-order valence-corrected chi connectivity index (χ3v) is 2.70. The molecule has 6 nitrogen and oxygen atoms in total. The zero-order chi connectivity index (χ0) is 14.1. The first-order chi connectivity index (χ1) is 9.65. The molecule has 2 aromatic heterocycles. The van der Waals surface area contributed by atoms with Crippen LogP contribution >= 0.6 is 0 Å². The van der Waals surface area contributed by atoms with Crippen LogP contribution in [0, 0.1) is 6.92 Å². The van der Waals surface area contributed by atoms with Gasteiger partial charge in [0.2, 0.25) is 17.4 Å². The zero-order valence-corrected chi connectivity index (χ0v) is 10.5. The Hall–Kier alpha value is -2.89. The number of oxazole rings is 1. The Kier molecular flexibility index (Phi) is 2.83. The molecule has 0 aliphatic heterocycles. The normalized spacial score (nSPS) is 10.7. The van der Waals surface area contributed by atoms with Gasteiger partial charge in [-0.15, -0.1) is 0 Å². The lowest BCUT2D eigenvalue weighted by molar-refractivity contribution is 0.0691. The number of carbonyl (C=O) groups is 1. The summed E-state index contributed by atoms with van der Waals surface area (Å²) >= 11 is 0. The van der Waals surface area contributed by atoms with Gasteiger partial charge in [0.15, 0.2) is 5.69 Å². The van der Waals surface area contributed by atoms with Gasteiger partial charge in [-0.25, -0.2) is 9.78 Å². The average molecular weight is 270 g/mol. The van der Waals surface area contributed by atoms with E-state index in [1.165, 1.54) is 0 Å². The lowest BCUT2D eigenvalue weighted by Gasteiger charge is -1.92. The summed E-state index contributed by atoms with van der Waals surface area (Å²) in [4.78, 5) is 15.3. The average Bonchev–Trinajstić information content (AvgIpc) is 3.05. The summed E-state index contributed by atoms with van der Waals surface area (Å²) in [5.41, 5.74) is 1.13. The molecule has 0 radical (unpaired) electrons. The number of carboxylic acid groups (broad SMARTS) is 1.